The molecule has 0 saturated heterocycles. The Hall–Kier alpha value is -3.66. The minimum atomic E-state index is -0.892. The van der Waals surface area contributed by atoms with E-state index in [-0.39, 0.29) is 12.5 Å². The van der Waals surface area contributed by atoms with Crippen molar-refractivity contribution in [2.24, 2.45) is 11.7 Å². The van der Waals surface area contributed by atoms with Crippen LogP contribution in [0.4, 0.5) is 4.79 Å². The highest BCUT2D eigenvalue weighted by Crippen LogP contribution is 2.31. The number of ether oxygens (including phenoxy) is 2. The number of pyridine rings is 2. The fourth-order valence-electron chi connectivity index (χ4n) is 3.59. The van der Waals surface area contributed by atoms with Crippen molar-refractivity contribution in [1.29, 1.82) is 5.26 Å². The van der Waals surface area contributed by atoms with Crippen LogP contribution in [-0.4, -0.2) is 28.3 Å². The van der Waals surface area contributed by atoms with Crippen LogP contribution < -0.4 is 10.5 Å². The van der Waals surface area contributed by atoms with Crippen molar-refractivity contribution in [3.63, 3.8) is 0 Å². The van der Waals surface area contributed by atoms with Crippen molar-refractivity contribution in [2.75, 3.05) is 6.61 Å². The van der Waals surface area contributed by atoms with Gasteiger partial charge in [-0.25, -0.2) is 4.79 Å². The maximum absolute atomic E-state index is 11.3. The van der Waals surface area contributed by atoms with E-state index in [0.717, 1.165) is 22.2 Å². The molecule has 1 amide bonds. The van der Waals surface area contributed by atoms with Gasteiger partial charge in [0.05, 0.1) is 16.6 Å². The zero-order chi connectivity index (χ0) is 21.7. The fourth-order valence-corrected chi connectivity index (χ4v) is 3.59. The largest absolute Gasteiger partial charge is 0.488 e. The van der Waals surface area contributed by atoms with Crippen molar-refractivity contribution in [3.8, 4) is 22.9 Å². The maximum atomic E-state index is 11.3. The van der Waals surface area contributed by atoms with Crippen LogP contribution >= 0.6 is 0 Å². The molecule has 1 atom stereocenters. The topological polar surface area (TPSA) is 111 Å². The molecule has 30 heavy (non-hydrogen) atoms. The number of amides is 1. The zero-order valence-electron chi connectivity index (χ0n) is 17.3. The number of benzene rings is 1. The Morgan fingerprint density at radius 2 is 2.03 bits per heavy atom. The van der Waals surface area contributed by atoms with Crippen molar-refractivity contribution in [1.82, 2.24) is 9.97 Å². The van der Waals surface area contributed by atoms with E-state index in [4.69, 9.17) is 15.2 Å². The lowest BCUT2D eigenvalue weighted by Crippen LogP contribution is -2.41. The lowest BCUT2D eigenvalue weighted by atomic mass is 9.95. The van der Waals surface area contributed by atoms with Crippen molar-refractivity contribution in [2.45, 2.75) is 32.8 Å². The van der Waals surface area contributed by atoms with Gasteiger partial charge in [-0.15, -0.1) is 0 Å². The summed E-state index contributed by atoms with van der Waals surface area (Å²) in [4.78, 5) is 20.1. The van der Waals surface area contributed by atoms with Gasteiger partial charge in [0.1, 0.15) is 24.0 Å². The number of fused-ring (bicyclic) bond motifs is 1. The van der Waals surface area contributed by atoms with Gasteiger partial charge in [-0.1, -0.05) is 19.9 Å². The summed E-state index contributed by atoms with van der Waals surface area (Å²) < 4.78 is 11.2. The normalized spacial score (nSPS) is 12.9. The molecule has 1 aromatic carbocycles. The molecule has 2 heterocycles. The van der Waals surface area contributed by atoms with E-state index >= 15 is 0 Å². The Labute approximate surface area is 175 Å². The van der Waals surface area contributed by atoms with Crippen LogP contribution in [-0.2, 0) is 4.74 Å². The summed E-state index contributed by atoms with van der Waals surface area (Å²) in [6.45, 7) is 5.89. The van der Waals surface area contributed by atoms with E-state index in [2.05, 4.69) is 16.0 Å². The second kappa shape index (κ2) is 8.78. The minimum absolute atomic E-state index is 0.0852. The highest BCUT2D eigenvalue weighted by Gasteiger charge is 2.30. The molecule has 154 valence electrons. The van der Waals surface area contributed by atoms with Crippen LogP contribution in [0, 0.1) is 17.2 Å². The first-order valence-corrected chi connectivity index (χ1v) is 9.67. The van der Waals surface area contributed by atoms with Gasteiger partial charge in [-0.3, -0.25) is 9.97 Å². The third-order valence-electron chi connectivity index (χ3n) is 4.63. The molecule has 0 bridgehead atoms. The number of rotatable bonds is 7. The first-order valence-electron chi connectivity index (χ1n) is 9.67. The molecule has 0 fully saturated rings. The Kier molecular flexibility index (Phi) is 6.17. The van der Waals surface area contributed by atoms with Crippen molar-refractivity contribution < 1.29 is 14.3 Å². The van der Waals surface area contributed by atoms with Gasteiger partial charge in [0.2, 0.25) is 0 Å². The number of primary amides is 1. The zero-order valence-corrected chi connectivity index (χ0v) is 17.3. The van der Waals surface area contributed by atoms with Gasteiger partial charge in [0, 0.05) is 18.0 Å². The number of carbonyl (C=O) groups is 1. The Bertz CT molecular complexity index is 1100. The number of nitrogens with two attached hydrogens (primary N) is 1. The van der Waals surface area contributed by atoms with Crippen LogP contribution in [0.5, 0.6) is 5.75 Å². The van der Waals surface area contributed by atoms with E-state index in [9.17, 15) is 10.1 Å². The number of nitriles is 1. The SMILES string of the molecule is CC(C)CC(C)(COc1ccc(-c2ccnc3cccnc23)cc1C#N)OC(N)=O. The quantitative estimate of drug-likeness (QED) is 0.623. The lowest BCUT2D eigenvalue weighted by molar-refractivity contribution is -0.0186. The molecule has 7 nitrogen and oxygen atoms in total. The monoisotopic (exact) mass is 404 g/mol. The number of hydrogen-bond donors (Lipinski definition) is 1. The van der Waals surface area contributed by atoms with Gasteiger partial charge in [-0.2, -0.15) is 5.26 Å². The molecule has 0 aliphatic heterocycles. The molecule has 0 aliphatic rings. The van der Waals surface area contributed by atoms with E-state index < -0.39 is 11.7 Å². The maximum Gasteiger partial charge on any atom is 0.405 e. The first-order chi connectivity index (χ1) is 14.3. The number of carbonyl (C=O) groups excluding carboxylic acids is 1. The minimum Gasteiger partial charge on any atom is -0.488 e. The van der Waals surface area contributed by atoms with E-state index in [1.807, 2.05) is 38.1 Å². The highest BCUT2D eigenvalue weighted by atomic mass is 16.6. The summed E-state index contributed by atoms with van der Waals surface area (Å²) in [5.74, 6) is 0.679. The highest BCUT2D eigenvalue weighted by molar-refractivity contribution is 5.91. The molecular weight excluding hydrogens is 380 g/mol. The Balaban J connectivity index is 1.89. The molecular formula is C23H24N4O3. The average molecular weight is 404 g/mol. The number of hydrogen-bond acceptors (Lipinski definition) is 6. The van der Waals surface area contributed by atoms with Gasteiger partial charge >= 0.3 is 6.09 Å². The van der Waals surface area contributed by atoms with E-state index in [1.165, 1.54) is 0 Å². The second-order valence-corrected chi connectivity index (χ2v) is 7.81. The summed E-state index contributed by atoms with van der Waals surface area (Å²) >= 11 is 0. The summed E-state index contributed by atoms with van der Waals surface area (Å²) in [5.41, 5.74) is 7.97. The fraction of sp³-hybridized carbons (Fsp3) is 0.304. The van der Waals surface area contributed by atoms with Crippen LogP contribution in [0.15, 0.2) is 48.8 Å². The third kappa shape index (κ3) is 4.84. The molecule has 7 heteroatoms. The van der Waals surface area contributed by atoms with Crippen molar-refractivity contribution in [3.05, 3.63) is 54.4 Å². The molecule has 3 aromatic rings. The lowest BCUT2D eigenvalue weighted by Gasteiger charge is -2.30. The van der Waals surface area contributed by atoms with E-state index in [1.54, 1.807) is 31.5 Å². The summed E-state index contributed by atoms with van der Waals surface area (Å²) in [7, 11) is 0. The molecule has 2 N–H and O–H groups in total. The summed E-state index contributed by atoms with van der Waals surface area (Å²) in [6, 6.07) is 13.1. The molecule has 2 aromatic heterocycles. The van der Waals surface area contributed by atoms with Gasteiger partial charge < -0.3 is 15.2 Å². The number of nitrogens with zero attached hydrogens (tertiary/aromatic N) is 3. The standard InChI is InChI=1S/C23H24N4O3/c1-15(2)12-23(3,30-22(25)28)14-29-20-7-6-16(11-17(20)13-24)18-8-10-26-19-5-4-9-27-21(18)19/h4-11,15H,12,14H2,1-3H3,(H2,25,28). The molecule has 0 aliphatic carbocycles. The smallest absolute Gasteiger partial charge is 0.405 e. The van der Waals surface area contributed by atoms with Gasteiger partial charge in [-0.05, 0) is 55.2 Å². The molecule has 0 radical (unpaired) electrons. The van der Waals surface area contributed by atoms with E-state index in [0.29, 0.717) is 17.7 Å². The third-order valence-corrected chi connectivity index (χ3v) is 4.63. The second-order valence-electron chi connectivity index (χ2n) is 7.81. The molecule has 3 rings (SSSR count). The van der Waals surface area contributed by atoms with Crippen LogP contribution in [0.3, 0.4) is 0 Å². The molecule has 1 unspecified atom stereocenters. The predicted molar refractivity (Wildman–Crippen MR) is 114 cm³/mol. The van der Waals surface area contributed by atoms with Gasteiger partial charge in [0.15, 0.2) is 0 Å². The first kappa shape index (κ1) is 21.1. The molecule has 0 spiro atoms. The van der Waals surface area contributed by atoms with Gasteiger partial charge in [0.25, 0.3) is 0 Å². The Morgan fingerprint density at radius 3 is 2.73 bits per heavy atom. The Morgan fingerprint density at radius 1 is 1.23 bits per heavy atom. The van der Waals surface area contributed by atoms with Crippen molar-refractivity contribution >= 4 is 17.1 Å². The van der Waals surface area contributed by atoms with Crippen LogP contribution in [0.2, 0.25) is 0 Å². The summed E-state index contributed by atoms with van der Waals surface area (Å²) in [6.07, 6.45) is 3.15. The predicted octanol–water partition coefficient (Wildman–Crippen LogP) is 4.45. The average Bonchev–Trinajstić information content (AvgIpc) is 2.70. The van der Waals surface area contributed by atoms with Crippen LogP contribution in [0.25, 0.3) is 22.2 Å². The summed E-state index contributed by atoms with van der Waals surface area (Å²) in [5, 5.41) is 9.66. The van der Waals surface area contributed by atoms with Crippen LogP contribution in [0.1, 0.15) is 32.8 Å². The number of aromatic nitrogens is 2. The molecule has 0 saturated carbocycles.